The molecule has 9 aromatic rings. The first kappa shape index (κ1) is 29.9. The van der Waals surface area contributed by atoms with Crippen LogP contribution in [0.15, 0.2) is 164 Å². The quantitative estimate of drug-likeness (QED) is 0.177. The fourth-order valence-corrected chi connectivity index (χ4v) is 7.79. The minimum Gasteiger partial charge on any atom is -0.308 e. The topological polar surface area (TPSA) is 34.0 Å². The van der Waals surface area contributed by atoms with Crippen LogP contribution in [0.2, 0.25) is 0 Å². The van der Waals surface area contributed by atoms with Crippen molar-refractivity contribution in [2.75, 3.05) is 4.90 Å². The molecule has 244 valence electrons. The van der Waals surface area contributed by atoms with E-state index < -0.39 is 0 Å². The fraction of sp³-hybridized carbons (Fsp3) is 0.0417. The zero-order valence-electron chi connectivity index (χ0n) is 28.4. The minimum atomic E-state index is 0.633. The second kappa shape index (κ2) is 12.4. The van der Waals surface area contributed by atoms with Gasteiger partial charge in [-0.05, 0) is 53.3 Å². The van der Waals surface area contributed by atoms with Crippen molar-refractivity contribution >= 4 is 56.0 Å². The van der Waals surface area contributed by atoms with Crippen LogP contribution in [0.1, 0.15) is 12.8 Å². The van der Waals surface area contributed by atoms with E-state index in [2.05, 4.69) is 161 Å². The van der Waals surface area contributed by atoms with E-state index in [-0.39, 0.29) is 0 Å². The number of hydrogen-bond donors (Lipinski definition) is 0. The van der Waals surface area contributed by atoms with Crippen molar-refractivity contribution in [3.63, 3.8) is 0 Å². The summed E-state index contributed by atoms with van der Waals surface area (Å²) in [6.45, 7) is 0. The van der Waals surface area contributed by atoms with Crippen LogP contribution in [0.4, 0.5) is 11.6 Å². The molecule has 0 unspecified atom stereocenters. The van der Waals surface area contributed by atoms with Crippen molar-refractivity contribution < 1.29 is 0 Å². The lowest BCUT2D eigenvalue weighted by Crippen LogP contribution is -2.35. The van der Waals surface area contributed by atoms with E-state index in [0.717, 1.165) is 68.3 Å². The number of para-hydroxylation sites is 2. The van der Waals surface area contributed by atoms with Gasteiger partial charge in [0, 0.05) is 50.8 Å². The molecule has 0 saturated heterocycles. The Labute approximate surface area is 301 Å². The molecule has 0 N–H and O–H groups in total. The van der Waals surface area contributed by atoms with Gasteiger partial charge in [0.15, 0.2) is 0 Å². The Morgan fingerprint density at radius 2 is 1.33 bits per heavy atom. The van der Waals surface area contributed by atoms with Gasteiger partial charge in [-0.3, -0.25) is 4.90 Å². The van der Waals surface area contributed by atoms with Crippen LogP contribution in [0.3, 0.4) is 0 Å². The highest BCUT2D eigenvalue weighted by atomic mass is 15.3. The summed E-state index contributed by atoms with van der Waals surface area (Å²) < 4.78 is 2.38. The van der Waals surface area contributed by atoms with Crippen LogP contribution < -0.4 is 15.3 Å². The third-order valence-electron chi connectivity index (χ3n) is 10.2. The first-order valence-corrected chi connectivity index (χ1v) is 17.7. The summed E-state index contributed by atoms with van der Waals surface area (Å²) in [5.74, 6) is 0.633. The highest BCUT2D eigenvalue weighted by molar-refractivity contribution is 6.11. The Morgan fingerprint density at radius 1 is 0.596 bits per heavy atom. The summed E-state index contributed by atoms with van der Waals surface area (Å²) in [6, 6.07) is 60.7. The van der Waals surface area contributed by atoms with Crippen LogP contribution >= 0.6 is 0 Å². The molecule has 0 saturated carbocycles. The van der Waals surface area contributed by atoms with E-state index in [9.17, 15) is 0 Å². The number of benzene rings is 6. The molecule has 0 radical (unpaired) electrons. The number of hydrogen-bond acceptors (Lipinski definition) is 3. The van der Waals surface area contributed by atoms with Crippen molar-refractivity contribution in [2.24, 2.45) is 0 Å². The average Bonchev–Trinajstić information content (AvgIpc) is 3.55. The fourth-order valence-electron chi connectivity index (χ4n) is 7.79. The number of rotatable bonds is 6. The number of aromatic nitrogens is 3. The largest absolute Gasteiger partial charge is 0.308 e. The summed E-state index contributed by atoms with van der Waals surface area (Å²) in [5, 5.41) is 7.04. The predicted octanol–water partition coefficient (Wildman–Crippen LogP) is 10.2. The maximum absolute atomic E-state index is 5.04. The molecule has 1 aliphatic carbocycles. The van der Waals surface area contributed by atoms with Crippen LogP contribution in [-0.2, 0) is 0 Å². The van der Waals surface area contributed by atoms with E-state index in [4.69, 9.17) is 9.97 Å². The van der Waals surface area contributed by atoms with Gasteiger partial charge in [0.05, 0.1) is 27.8 Å². The molecule has 7 aromatic carbocycles. The lowest BCUT2D eigenvalue weighted by Gasteiger charge is -2.29. The lowest BCUT2D eigenvalue weighted by molar-refractivity contribution is 0.989. The molecule has 0 atom stereocenters. The summed E-state index contributed by atoms with van der Waals surface area (Å²) in [7, 11) is 0. The third-order valence-corrected chi connectivity index (χ3v) is 10.2. The van der Waals surface area contributed by atoms with E-state index in [1.165, 1.54) is 26.9 Å². The van der Waals surface area contributed by atoms with Crippen molar-refractivity contribution in [3.05, 3.63) is 187 Å². The second-order valence-corrected chi connectivity index (χ2v) is 13.2. The molecular weight excluding hydrogens is 633 g/mol. The summed E-state index contributed by atoms with van der Waals surface area (Å²) in [5.41, 5.74) is 9.60. The van der Waals surface area contributed by atoms with Gasteiger partial charge >= 0.3 is 0 Å². The van der Waals surface area contributed by atoms with E-state index >= 15 is 0 Å². The zero-order chi connectivity index (χ0) is 34.4. The third kappa shape index (κ3) is 4.94. The monoisotopic (exact) mass is 664 g/mol. The Balaban J connectivity index is 1.21. The molecular formula is C48H32N4. The average molecular weight is 665 g/mol. The number of fused-ring (bicyclic) bond motifs is 5. The zero-order valence-corrected chi connectivity index (χ0v) is 28.4. The number of nitrogens with zero attached hydrogens (tertiary/aromatic N) is 4. The Morgan fingerprint density at radius 3 is 2.23 bits per heavy atom. The van der Waals surface area contributed by atoms with Crippen molar-refractivity contribution in [1.82, 2.24) is 14.5 Å². The highest BCUT2D eigenvalue weighted by Gasteiger charge is 2.24. The van der Waals surface area contributed by atoms with Crippen molar-refractivity contribution in [3.8, 4) is 27.9 Å². The molecule has 0 spiro atoms. The lowest BCUT2D eigenvalue weighted by atomic mass is 9.99. The Hall–Kier alpha value is -6.96. The van der Waals surface area contributed by atoms with Crippen molar-refractivity contribution in [2.45, 2.75) is 12.8 Å². The Bertz CT molecular complexity index is 2900. The van der Waals surface area contributed by atoms with Gasteiger partial charge in [-0.2, -0.15) is 0 Å². The van der Waals surface area contributed by atoms with Gasteiger partial charge < -0.3 is 4.57 Å². The molecule has 0 fully saturated rings. The SMILES string of the molecule is c1c(-c2ccccc2N(C2=c3ccccc3=CCC2)c2ncc(-c3ccccc3)cn2)cc2c(c#1)c1ccccc1n2-c1cccc2ccccc12. The smallest absolute Gasteiger partial charge is 0.234 e. The predicted molar refractivity (Wildman–Crippen MR) is 214 cm³/mol. The van der Waals surface area contributed by atoms with E-state index in [1.807, 2.05) is 30.6 Å². The molecule has 52 heavy (non-hydrogen) atoms. The molecule has 4 heteroatoms. The molecule has 10 rings (SSSR count). The Kier molecular flexibility index (Phi) is 7.15. The highest BCUT2D eigenvalue weighted by Crippen LogP contribution is 2.40. The molecule has 0 amide bonds. The van der Waals surface area contributed by atoms with Gasteiger partial charge in [-0.15, -0.1) is 0 Å². The summed E-state index contributed by atoms with van der Waals surface area (Å²) in [4.78, 5) is 12.3. The summed E-state index contributed by atoms with van der Waals surface area (Å²) in [6.07, 6.45) is 7.99. The first-order chi connectivity index (χ1) is 25.8. The van der Waals surface area contributed by atoms with Gasteiger partial charge in [0.2, 0.25) is 5.95 Å². The minimum absolute atomic E-state index is 0.633. The van der Waals surface area contributed by atoms with E-state index in [1.54, 1.807) is 0 Å². The number of anilines is 2. The standard InChI is InChI=1S/C48H32N4/c1-2-14-33(15-3-1)37-31-49-48(50-32-37)52(45-27-13-19-35-17-5-7-21-39(35)45)44-24-10-8-22-40(44)36-28-29-42-41-23-9-11-25-46(41)51(47(42)30-36)43-26-12-18-34-16-4-6-20-38(34)43/h1-12,14-26,30-32H,13,27H2. The van der Waals surface area contributed by atoms with Crippen LogP contribution in [0.25, 0.3) is 72.3 Å². The molecule has 0 aliphatic heterocycles. The van der Waals surface area contributed by atoms with E-state index in [0.29, 0.717) is 5.95 Å². The molecule has 2 aromatic heterocycles. The van der Waals surface area contributed by atoms with Gasteiger partial charge in [-0.25, -0.2) is 9.97 Å². The van der Waals surface area contributed by atoms with Crippen LogP contribution in [0, 0.1) is 12.1 Å². The second-order valence-electron chi connectivity index (χ2n) is 13.2. The molecule has 1 aliphatic rings. The van der Waals surface area contributed by atoms with Crippen LogP contribution in [-0.4, -0.2) is 14.5 Å². The summed E-state index contributed by atoms with van der Waals surface area (Å²) >= 11 is 0. The maximum atomic E-state index is 5.04. The molecule has 2 heterocycles. The van der Waals surface area contributed by atoms with Gasteiger partial charge in [0.1, 0.15) is 0 Å². The maximum Gasteiger partial charge on any atom is 0.234 e. The molecule has 4 nitrogen and oxygen atoms in total. The van der Waals surface area contributed by atoms with Crippen LogP contribution in [0.5, 0.6) is 0 Å². The first-order valence-electron chi connectivity index (χ1n) is 17.7. The van der Waals surface area contributed by atoms with Gasteiger partial charge in [-0.1, -0.05) is 146 Å². The molecule has 0 bridgehead atoms. The van der Waals surface area contributed by atoms with Gasteiger partial charge in [0.25, 0.3) is 0 Å². The van der Waals surface area contributed by atoms with Crippen molar-refractivity contribution in [1.29, 1.82) is 0 Å². The normalized spacial score (nSPS) is 12.4.